The Labute approximate surface area is 222 Å². The fourth-order valence-corrected chi connectivity index (χ4v) is 5.39. The fourth-order valence-electron chi connectivity index (χ4n) is 4.77. The van der Waals surface area contributed by atoms with Crippen molar-refractivity contribution in [2.45, 2.75) is 37.5 Å². The summed E-state index contributed by atoms with van der Waals surface area (Å²) in [6.07, 6.45) is 2.81. The van der Waals surface area contributed by atoms with Crippen molar-refractivity contribution in [1.29, 1.82) is 0 Å². The van der Waals surface area contributed by atoms with Gasteiger partial charge in [-0.3, -0.25) is 4.79 Å². The molecule has 4 N–H and O–H groups in total. The van der Waals surface area contributed by atoms with Gasteiger partial charge in [-0.25, -0.2) is 22.8 Å². The van der Waals surface area contributed by atoms with Crippen LogP contribution in [0.3, 0.4) is 0 Å². The molecule has 1 amide bonds. The summed E-state index contributed by atoms with van der Waals surface area (Å²) in [5.74, 6) is 0.362. The molecule has 4 aromatic rings. The Hall–Kier alpha value is -3.76. The van der Waals surface area contributed by atoms with Crippen LogP contribution in [0.4, 0.5) is 11.5 Å². The Morgan fingerprint density at radius 1 is 1.11 bits per heavy atom. The van der Waals surface area contributed by atoms with E-state index in [2.05, 4.69) is 15.1 Å². The van der Waals surface area contributed by atoms with Crippen molar-refractivity contribution >= 4 is 38.5 Å². The van der Waals surface area contributed by atoms with Gasteiger partial charge in [0, 0.05) is 24.7 Å². The Balaban J connectivity index is 1.47. The van der Waals surface area contributed by atoms with Gasteiger partial charge in [-0.05, 0) is 47.7 Å². The molecule has 10 heteroatoms. The number of nitrogens with one attached hydrogen (secondary N) is 2. The number of carbonyl (C=O) groups is 1. The molecule has 5 rings (SSSR count). The summed E-state index contributed by atoms with van der Waals surface area (Å²) < 4.78 is 27.7. The summed E-state index contributed by atoms with van der Waals surface area (Å²) in [6.45, 7) is 4.05. The van der Waals surface area contributed by atoms with Gasteiger partial charge in [-0.15, -0.1) is 0 Å². The van der Waals surface area contributed by atoms with Crippen LogP contribution >= 0.6 is 0 Å². The second-order valence-corrected chi connectivity index (χ2v) is 12.6. The maximum Gasteiger partial charge on any atom is 0.235 e. The second-order valence-electron chi connectivity index (χ2n) is 10.7. The fraction of sp³-hybridized carbons (Fsp3) is 0.321. The van der Waals surface area contributed by atoms with Crippen LogP contribution in [-0.2, 0) is 32.7 Å². The predicted octanol–water partition coefficient (Wildman–Crippen LogP) is 3.71. The molecule has 2 aromatic heterocycles. The second kappa shape index (κ2) is 9.21. The molecule has 198 valence electrons. The van der Waals surface area contributed by atoms with E-state index in [1.165, 1.54) is 0 Å². The van der Waals surface area contributed by atoms with Crippen molar-refractivity contribution in [3.63, 3.8) is 0 Å². The smallest absolute Gasteiger partial charge is 0.235 e. The number of amides is 1. The number of pyridine rings is 1. The number of hydrogen-bond donors (Lipinski definition) is 3. The zero-order valence-corrected chi connectivity index (χ0v) is 22.8. The number of rotatable bonds is 8. The maximum atomic E-state index is 13.2. The maximum absolute atomic E-state index is 13.2. The Bertz CT molecular complexity index is 1620. The number of benzene rings is 2. The highest BCUT2D eigenvalue weighted by atomic mass is 32.2. The summed E-state index contributed by atoms with van der Waals surface area (Å²) >= 11 is 0. The molecule has 0 unspecified atom stereocenters. The van der Waals surface area contributed by atoms with E-state index in [4.69, 9.17) is 10.7 Å². The van der Waals surface area contributed by atoms with Crippen LogP contribution in [0.1, 0.15) is 37.9 Å². The zero-order valence-electron chi connectivity index (χ0n) is 21.9. The lowest BCUT2D eigenvalue weighted by atomic mass is 9.87. The first-order chi connectivity index (χ1) is 17.9. The van der Waals surface area contributed by atoms with Crippen LogP contribution < -0.4 is 15.8 Å². The first-order valence-corrected chi connectivity index (χ1v) is 14.3. The quantitative estimate of drug-likeness (QED) is 0.317. The van der Waals surface area contributed by atoms with E-state index in [9.17, 15) is 13.2 Å². The summed E-state index contributed by atoms with van der Waals surface area (Å²) in [4.78, 5) is 18.0. The first kappa shape index (κ1) is 25.9. The molecule has 2 aromatic carbocycles. The van der Waals surface area contributed by atoms with Crippen LogP contribution in [-0.4, -0.2) is 41.9 Å². The van der Waals surface area contributed by atoms with Gasteiger partial charge in [0.05, 0.1) is 22.8 Å². The van der Waals surface area contributed by atoms with Crippen molar-refractivity contribution < 1.29 is 13.2 Å². The highest BCUT2D eigenvalue weighted by Gasteiger charge is 2.51. The largest absolute Gasteiger partial charge is 0.382 e. The number of anilines is 2. The van der Waals surface area contributed by atoms with Gasteiger partial charge in [-0.2, -0.15) is 5.10 Å². The van der Waals surface area contributed by atoms with E-state index in [0.717, 1.165) is 41.2 Å². The van der Waals surface area contributed by atoms with Crippen molar-refractivity contribution in [2.24, 2.45) is 7.05 Å². The molecule has 0 aliphatic heterocycles. The van der Waals surface area contributed by atoms with Crippen LogP contribution in [0.2, 0.25) is 0 Å². The van der Waals surface area contributed by atoms with Gasteiger partial charge in [0.15, 0.2) is 11.5 Å². The van der Waals surface area contributed by atoms with Crippen LogP contribution in [0.5, 0.6) is 0 Å². The Morgan fingerprint density at radius 2 is 1.76 bits per heavy atom. The zero-order chi connectivity index (χ0) is 27.3. The van der Waals surface area contributed by atoms with Crippen LogP contribution in [0.15, 0.2) is 60.7 Å². The molecule has 1 aliphatic carbocycles. The highest BCUT2D eigenvalue weighted by Crippen LogP contribution is 2.49. The molecule has 38 heavy (non-hydrogen) atoms. The molecule has 0 saturated heterocycles. The number of hydrogen-bond acceptors (Lipinski definition) is 6. The minimum atomic E-state index is -3.36. The molecule has 0 spiro atoms. The summed E-state index contributed by atoms with van der Waals surface area (Å²) in [7, 11) is -1.58. The number of nitrogens with zero attached hydrogens (tertiary/aromatic N) is 3. The van der Waals surface area contributed by atoms with Crippen molar-refractivity contribution in [3.8, 4) is 11.1 Å². The molecular formula is C28H32N6O3S. The molecule has 2 heterocycles. The van der Waals surface area contributed by atoms with Crippen molar-refractivity contribution in [3.05, 3.63) is 71.9 Å². The summed E-state index contributed by atoms with van der Waals surface area (Å²) in [6, 6.07) is 19.5. The molecule has 1 saturated carbocycles. The number of fused-ring (bicyclic) bond motifs is 1. The van der Waals surface area contributed by atoms with Gasteiger partial charge < -0.3 is 11.1 Å². The SMILES string of the molecule is Cn1nc(N)c2c(-c3ccc(NC(=O)C4(c5ccccc5)CC4)cc3)cc(C(C)(C)CNS(C)(=O)=O)nc21. The molecule has 9 nitrogen and oxygen atoms in total. The van der Waals surface area contributed by atoms with Crippen molar-refractivity contribution in [1.82, 2.24) is 19.5 Å². The average molecular weight is 533 g/mol. The standard InChI is InChI=1S/C28H32N6O3S/c1-27(2,17-30-38(4,36)37)22-16-21(23-24(29)33-34(3)25(23)32-22)18-10-12-20(13-11-18)31-26(35)28(14-15-28)19-8-6-5-7-9-19/h5-13,16,30H,14-15,17H2,1-4H3,(H2,29,33)(H,31,35). The average Bonchev–Trinajstić information content (AvgIpc) is 3.64. The van der Waals surface area contributed by atoms with Gasteiger partial charge in [0.25, 0.3) is 0 Å². The highest BCUT2D eigenvalue weighted by molar-refractivity contribution is 7.88. The molecular weight excluding hydrogens is 500 g/mol. The van der Waals surface area contributed by atoms with E-state index >= 15 is 0 Å². The lowest BCUT2D eigenvalue weighted by Gasteiger charge is -2.25. The lowest BCUT2D eigenvalue weighted by molar-refractivity contribution is -0.118. The molecule has 0 radical (unpaired) electrons. The number of nitrogens with two attached hydrogens (primary N) is 1. The van der Waals surface area contributed by atoms with E-state index in [1.807, 2.05) is 74.5 Å². The number of nitrogen functional groups attached to an aromatic ring is 1. The third-order valence-corrected chi connectivity index (χ3v) is 7.92. The normalized spacial score (nSPS) is 14.9. The van der Waals surface area contributed by atoms with Crippen LogP contribution in [0.25, 0.3) is 22.2 Å². The van der Waals surface area contributed by atoms with Gasteiger partial charge in [0.1, 0.15) is 0 Å². The van der Waals surface area contributed by atoms with Gasteiger partial charge in [-0.1, -0.05) is 56.3 Å². The van der Waals surface area contributed by atoms with E-state index in [1.54, 1.807) is 11.7 Å². The third-order valence-electron chi connectivity index (χ3n) is 7.26. The third kappa shape index (κ3) is 4.89. The topological polar surface area (TPSA) is 132 Å². The predicted molar refractivity (Wildman–Crippen MR) is 150 cm³/mol. The van der Waals surface area contributed by atoms with Gasteiger partial charge >= 0.3 is 0 Å². The number of carbonyl (C=O) groups excluding carboxylic acids is 1. The minimum absolute atomic E-state index is 0.00154. The molecule has 0 atom stereocenters. The molecule has 0 bridgehead atoms. The lowest BCUT2D eigenvalue weighted by Crippen LogP contribution is -2.36. The number of aryl methyl sites for hydroxylation is 1. The summed E-state index contributed by atoms with van der Waals surface area (Å²) in [5.41, 5.74) is 10.0. The number of sulfonamides is 1. The van der Waals surface area contributed by atoms with E-state index in [0.29, 0.717) is 22.8 Å². The van der Waals surface area contributed by atoms with Crippen LogP contribution in [0, 0.1) is 0 Å². The first-order valence-electron chi connectivity index (χ1n) is 12.5. The monoisotopic (exact) mass is 532 g/mol. The van der Waals surface area contributed by atoms with Crippen molar-refractivity contribution in [2.75, 3.05) is 23.9 Å². The van der Waals surface area contributed by atoms with E-state index in [-0.39, 0.29) is 12.5 Å². The van der Waals surface area contributed by atoms with Gasteiger partial charge in [0.2, 0.25) is 15.9 Å². The Kier molecular flexibility index (Phi) is 6.27. The Morgan fingerprint density at radius 3 is 2.37 bits per heavy atom. The summed E-state index contributed by atoms with van der Waals surface area (Å²) in [5, 5.41) is 8.17. The molecule has 1 aliphatic rings. The number of aromatic nitrogens is 3. The van der Waals surface area contributed by atoms with E-state index < -0.39 is 20.9 Å². The minimum Gasteiger partial charge on any atom is -0.382 e. The molecule has 1 fully saturated rings.